The number of ether oxygens (including phenoxy) is 1. The van der Waals surface area contributed by atoms with Crippen molar-refractivity contribution in [2.75, 3.05) is 20.2 Å². The third-order valence-electron chi connectivity index (χ3n) is 4.84. The number of methoxy groups -OCH3 is 1. The third-order valence-corrected chi connectivity index (χ3v) is 5.15. The molecule has 0 aliphatic carbocycles. The molecule has 1 aliphatic rings. The zero-order valence-corrected chi connectivity index (χ0v) is 14.6. The first-order valence-electron chi connectivity index (χ1n) is 8.33. The van der Waals surface area contributed by atoms with Crippen LogP contribution in [0.1, 0.15) is 36.9 Å². The van der Waals surface area contributed by atoms with Crippen molar-refractivity contribution >= 4 is 22.5 Å². The van der Waals surface area contributed by atoms with Crippen molar-refractivity contribution in [3.05, 3.63) is 38.6 Å². The van der Waals surface area contributed by atoms with Crippen molar-refractivity contribution in [3.63, 3.8) is 0 Å². The molecule has 1 aromatic heterocycles. The van der Waals surface area contributed by atoms with Crippen molar-refractivity contribution in [2.45, 2.75) is 39.2 Å². The Balaban J connectivity index is 2.07. The summed E-state index contributed by atoms with van der Waals surface area (Å²) in [7, 11) is 1.60. The van der Waals surface area contributed by atoms with Gasteiger partial charge < -0.3 is 14.6 Å². The maximum absolute atomic E-state index is 13.0. The molecular weight excluding hydrogens is 312 g/mol. The summed E-state index contributed by atoms with van der Waals surface area (Å²) in [5.74, 6) is 0.651. The first kappa shape index (κ1) is 16.3. The molecule has 1 aliphatic heterocycles. The molecule has 23 heavy (non-hydrogen) atoms. The van der Waals surface area contributed by atoms with Crippen LogP contribution in [0.2, 0.25) is 5.02 Å². The molecule has 4 nitrogen and oxygen atoms in total. The maximum atomic E-state index is 13.0. The van der Waals surface area contributed by atoms with Crippen LogP contribution in [0.25, 0.3) is 10.9 Å². The minimum Gasteiger partial charge on any atom is -0.495 e. The van der Waals surface area contributed by atoms with Crippen LogP contribution in [0, 0.1) is 6.92 Å². The number of aromatic amines is 1. The van der Waals surface area contributed by atoms with Crippen molar-refractivity contribution in [1.29, 1.82) is 0 Å². The van der Waals surface area contributed by atoms with Gasteiger partial charge in [-0.15, -0.1) is 0 Å². The molecule has 0 radical (unpaired) electrons. The second-order valence-electron chi connectivity index (χ2n) is 6.40. The van der Waals surface area contributed by atoms with Gasteiger partial charge in [0, 0.05) is 5.69 Å². The highest BCUT2D eigenvalue weighted by Gasteiger charge is 2.20. The van der Waals surface area contributed by atoms with Crippen LogP contribution in [0.4, 0.5) is 0 Å². The second kappa shape index (κ2) is 6.93. The Labute approximate surface area is 141 Å². The van der Waals surface area contributed by atoms with Crippen LogP contribution in [-0.4, -0.2) is 25.2 Å². The number of likely N-dealkylation sites (tertiary alicyclic amines) is 1. The lowest BCUT2D eigenvalue weighted by atomic mass is 10.1. The van der Waals surface area contributed by atoms with Crippen LogP contribution in [0.3, 0.4) is 0 Å². The molecule has 1 saturated heterocycles. The standard InChI is InChI=1S/C18H23ClN2O2/c1-12-13(11-21-9-5-3-4-6-10-21)18(22)16-14(19)7-8-15(23-2)17(16)20-12/h7-8H,3-6,9-11H2,1-2H3,(H,20,22)/p+1. The Morgan fingerprint density at radius 3 is 2.57 bits per heavy atom. The predicted octanol–water partition coefficient (Wildman–Crippen LogP) is 2.46. The third kappa shape index (κ3) is 3.24. The lowest BCUT2D eigenvalue weighted by Crippen LogP contribution is -3.10. The van der Waals surface area contributed by atoms with E-state index < -0.39 is 0 Å². The second-order valence-corrected chi connectivity index (χ2v) is 6.81. The Morgan fingerprint density at radius 1 is 1.22 bits per heavy atom. The van der Waals surface area contributed by atoms with Gasteiger partial charge in [0.2, 0.25) is 0 Å². The Hall–Kier alpha value is -1.52. The zero-order valence-electron chi connectivity index (χ0n) is 13.8. The lowest BCUT2D eigenvalue weighted by Gasteiger charge is -2.18. The van der Waals surface area contributed by atoms with Crippen molar-refractivity contribution in [3.8, 4) is 5.75 Å². The number of hydrogen-bond donors (Lipinski definition) is 2. The van der Waals surface area contributed by atoms with Gasteiger partial charge in [-0.25, -0.2) is 0 Å². The van der Waals surface area contributed by atoms with E-state index in [1.54, 1.807) is 19.2 Å². The van der Waals surface area contributed by atoms with Crippen LogP contribution >= 0.6 is 11.6 Å². The summed E-state index contributed by atoms with van der Waals surface area (Å²) in [6.45, 7) is 5.02. The monoisotopic (exact) mass is 335 g/mol. The van der Waals surface area contributed by atoms with Crippen molar-refractivity contribution < 1.29 is 9.64 Å². The molecule has 1 fully saturated rings. The van der Waals surface area contributed by atoms with Gasteiger partial charge in [-0.2, -0.15) is 0 Å². The van der Waals surface area contributed by atoms with E-state index in [4.69, 9.17) is 16.3 Å². The number of nitrogens with one attached hydrogen (secondary N) is 2. The molecule has 0 amide bonds. The summed E-state index contributed by atoms with van der Waals surface area (Å²) in [6, 6.07) is 3.52. The number of aryl methyl sites for hydroxylation is 1. The van der Waals surface area contributed by atoms with Gasteiger partial charge >= 0.3 is 0 Å². The first-order chi connectivity index (χ1) is 11.1. The quantitative estimate of drug-likeness (QED) is 0.905. The average molecular weight is 336 g/mol. The van der Waals surface area contributed by atoms with Gasteiger partial charge in [-0.05, 0) is 44.7 Å². The van der Waals surface area contributed by atoms with Gasteiger partial charge in [0.05, 0.1) is 41.7 Å². The van der Waals surface area contributed by atoms with Crippen LogP contribution in [-0.2, 0) is 6.54 Å². The van der Waals surface area contributed by atoms with E-state index in [-0.39, 0.29) is 5.43 Å². The smallest absolute Gasteiger partial charge is 0.200 e. The fourth-order valence-electron chi connectivity index (χ4n) is 3.53. The zero-order chi connectivity index (χ0) is 16.4. The molecule has 0 bridgehead atoms. The minimum atomic E-state index is 0.0388. The van der Waals surface area contributed by atoms with E-state index in [2.05, 4.69) is 4.98 Å². The van der Waals surface area contributed by atoms with E-state index in [0.717, 1.165) is 30.9 Å². The minimum absolute atomic E-state index is 0.0388. The number of quaternary nitrogens is 1. The van der Waals surface area contributed by atoms with Gasteiger partial charge in [0.15, 0.2) is 5.43 Å². The number of aromatic nitrogens is 1. The van der Waals surface area contributed by atoms with Crippen molar-refractivity contribution in [2.24, 2.45) is 0 Å². The summed E-state index contributed by atoms with van der Waals surface area (Å²) in [6.07, 6.45) is 5.10. The number of pyridine rings is 1. The first-order valence-corrected chi connectivity index (χ1v) is 8.71. The number of benzene rings is 1. The summed E-state index contributed by atoms with van der Waals surface area (Å²) in [5, 5.41) is 1.02. The SMILES string of the molecule is COc1ccc(Cl)c2c(=O)c(C[NH+]3CCCCCC3)c(C)[nH]c12. The summed E-state index contributed by atoms with van der Waals surface area (Å²) in [5.41, 5.74) is 2.50. The Morgan fingerprint density at radius 2 is 1.91 bits per heavy atom. The molecule has 0 spiro atoms. The number of rotatable bonds is 3. The van der Waals surface area contributed by atoms with Crippen molar-refractivity contribution in [1.82, 2.24) is 4.98 Å². The lowest BCUT2D eigenvalue weighted by molar-refractivity contribution is -0.913. The average Bonchev–Trinajstić information content (AvgIpc) is 2.80. The van der Waals surface area contributed by atoms with Gasteiger partial charge in [-0.1, -0.05) is 11.6 Å². The number of hydrogen-bond acceptors (Lipinski definition) is 2. The molecule has 124 valence electrons. The predicted molar refractivity (Wildman–Crippen MR) is 93.7 cm³/mol. The number of H-pyrrole nitrogens is 1. The van der Waals surface area contributed by atoms with Gasteiger partial charge in [0.25, 0.3) is 0 Å². The number of fused-ring (bicyclic) bond motifs is 1. The molecular formula is C18H24ClN2O2+. The largest absolute Gasteiger partial charge is 0.495 e. The van der Waals surface area contributed by atoms with Crippen LogP contribution in [0.5, 0.6) is 5.75 Å². The molecule has 5 heteroatoms. The topological polar surface area (TPSA) is 46.5 Å². The summed E-state index contributed by atoms with van der Waals surface area (Å²) >= 11 is 6.30. The summed E-state index contributed by atoms with van der Waals surface area (Å²) in [4.78, 5) is 17.9. The highest BCUT2D eigenvalue weighted by molar-refractivity contribution is 6.35. The molecule has 0 saturated carbocycles. The highest BCUT2D eigenvalue weighted by atomic mass is 35.5. The molecule has 0 unspecified atom stereocenters. The van der Waals surface area contributed by atoms with Gasteiger partial charge in [0.1, 0.15) is 12.3 Å². The normalized spacial score (nSPS) is 16.5. The molecule has 2 heterocycles. The van der Waals surface area contributed by atoms with E-state index in [1.807, 2.05) is 6.92 Å². The Kier molecular flexibility index (Phi) is 4.93. The fraction of sp³-hybridized carbons (Fsp3) is 0.500. The summed E-state index contributed by atoms with van der Waals surface area (Å²) < 4.78 is 5.36. The van der Waals surface area contributed by atoms with Crippen LogP contribution in [0.15, 0.2) is 16.9 Å². The fourth-order valence-corrected chi connectivity index (χ4v) is 3.77. The number of halogens is 1. The molecule has 2 aromatic rings. The molecule has 1 aromatic carbocycles. The molecule has 0 atom stereocenters. The van der Waals surface area contributed by atoms with E-state index in [1.165, 1.54) is 30.6 Å². The van der Waals surface area contributed by atoms with E-state index >= 15 is 0 Å². The molecule has 3 rings (SSSR count). The molecule has 2 N–H and O–H groups in total. The van der Waals surface area contributed by atoms with E-state index in [0.29, 0.717) is 21.7 Å². The highest BCUT2D eigenvalue weighted by Crippen LogP contribution is 2.28. The maximum Gasteiger partial charge on any atom is 0.200 e. The van der Waals surface area contributed by atoms with Crippen LogP contribution < -0.4 is 15.1 Å². The Bertz CT molecular complexity index is 762. The van der Waals surface area contributed by atoms with E-state index in [9.17, 15) is 4.79 Å². The van der Waals surface area contributed by atoms with Gasteiger partial charge in [-0.3, -0.25) is 4.79 Å².